The number of amides is 1. The zero-order valence-electron chi connectivity index (χ0n) is 17.7. The number of hydrogen-bond donors (Lipinski definition) is 7. The molecule has 0 aliphatic carbocycles. The van der Waals surface area contributed by atoms with E-state index in [4.69, 9.17) is 25.2 Å². The molecule has 3 atom stereocenters. The number of β-amino-alcohol motifs (C(OH)–C–C–N with tert-alkyl or cyclic N) is 1. The van der Waals surface area contributed by atoms with Crippen LogP contribution in [0.1, 0.15) is 32.8 Å². The zero-order chi connectivity index (χ0) is 23.8. The van der Waals surface area contributed by atoms with Crippen molar-refractivity contribution in [3.8, 4) is 5.75 Å². The molecule has 1 aromatic rings. The van der Waals surface area contributed by atoms with Crippen molar-refractivity contribution in [1.29, 1.82) is 0 Å². The minimum atomic E-state index is -2.27. The van der Waals surface area contributed by atoms with Gasteiger partial charge in [0.05, 0.1) is 0 Å². The monoisotopic (exact) mass is 442 g/mol. The maximum Gasteiger partial charge on any atom is 0.335 e. The highest BCUT2D eigenvalue weighted by atomic mass is 16.5. The molecule has 11 heteroatoms. The number of ether oxygens (including phenoxy) is 1. The van der Waals surface area contributed by atoms with E-state index in [9.17, 15) is 19.5 Å². The number of fused-ring (bicyclic) bond motifs is 1. The van der Waals surface area contributed by atoms with Gasteiger partial charge in [-0.25, -0.2) is 9.59 Å². The molecule has 0 fully saturated rings. The summed E-state index contributed by atoms with van der Waals surface area (Å²) in [6.45, 7) is 6.87. The molecule has 0 bridgehead atoms. The van der Waals surface area contributed by atoms with Gasteiger partial charge < -0.3 is 40.9 Å². The fraction of sp³-hybridized carbons (Fsp3) is 0.550. The molecule has 1 aromatic carbocycles. The molecular weight excluding hydrogens is 412 g/mol. The topological polar surface area (TPSA) is 186 Å². The van der Waals surface area contributed by atoms with Gasteiger partial charge in [0.15, 0.2) is 12.2 Å². The Morgan fingerprint density at radius 2 is 1.68 bits per heavy atom. The van der Waals surface area contributed by atoms with Crippen molar-refractivity contribution in [2.24, 2.45) is 0 Å². The zero-order valence-corrected chi connectivity index (χ0v) is 17.7. The van der Waals surface area contributed by atoms with Crippen molar-refractivity contribution >= 4 is 23.5 Å². The predicted molar refractivity (Wildman–Crippen MR) is 110 cm³/mol. The van der Waals surface area contributed by atoms with Crippen LogP contribution in [0.3, 0.4) is 0 Å². The lowest BCUT2D eigenvalue weighted by Gasteiger charge is -2.24. The normalized spacial score (nSPS) is 16.0. The van der Waals surface area contributed by atoms with E-state index in [0.29, 0.717) is 19.4 Å². The molecule has 7 N–H and O–H groups in total. The number of carbonyl (C=O) groups is 3. The summed E-state index contributed by atoms with van der Waals surface area (Å²) in [6, 6.07) is 5.59. The molecular formula is C20H30N2O9. The Balaban J connectivity index is 0.000000407. The molecule has 0 spiro atoms. The van der Waals surface area contributed by atoms with Gasteiger partial charge in [-0.1, -0.05) is 6.07 Å². The van der Waals surface area contributed by atoms with Gasteiger partial charge in [-0.15, -0.1) is 0 Å². The maximum atomic E-state index is 11.4. The molecule has 0 radical (unpaired) electrons. The summed E-state index contributed by atoms with van der Waals surface area (Å²) < 4.78 is 5.73. The average molecular weight is 442 g/mol. The number of carbonyl (C=O) groups excluding carboxylic acids is 1. The highest BCUT2D eigenvalue weighted by Crippen LogP contribution is 2.31. The lowest BCUT2D eigenvalue weighted by atomic mass is 10.0. The van der Waals surface area contributed by atoms with Crippen LogP contribution in [0.15, 0.2) is 18.2 Å². The van der Waals surface area contributed by atoms with Crippen molar-refractivity contribution in [3.63, 3.8) is 0 Å². The van der Waals surface area contributed by atoms with Crippen LogP contribution in [-0.4, -0.2) is 80.4 Å². The van der Waals surface area contributed by atoms with Gasteiger partial charge in [0.1, 0.15) is 18.5 Å². The molecule has 0 saturated heterocycles. The highest BCUT2D eigenvalue weighted by Gasteiger charge is 2.29. The van der Waals surface area contributed by atoms with Crippen molar-refractivity contribution in [1.82, 2.24) is 5.32 Å². The van der Waals surface area contributed by atoms with Crippen LogP contribution in [0, 0.1) is 0 Å². The Morgan fingerprint density at radius 1 is 1.10 bits per heavy atom. The molecule has 1 heterocycles. The molecule has 0 aromatic heterocycles. The van der Waals surface area contributed by atoms with Crippen LogP contribution in [0.2, 0.25) is 0 Å². The summed E-state index contributed by atoms with van der Waals surface area (Å²) in [5.74, 6) is -2.76. The summed E-state index contributed by atoms with van der Waals surface area (Å²) in [7, 11) is 0. The van der Waals surface area contributed by atoms with Gasteiger partial charge in [0, 0.05) is 29.8 Å². The maximum absolute atomic E-state index is 11.4. The number of nitrogens with one attached hydrogen (secondary N) is 2. The first-order valence-corrected chi connectivity index (χ1v) is 9.61. The Labute approximate surface area is 179 Å². The molecule has 0 saturated carbocycles. The molecule has 1 amide bonds. The molecule has 1 aliphatic heterocycles. The first-order valence-electron chi connectivity index (χ1n) is 9.61. The molecule has 1 aliphatic rings. The minimum Gasteiger partial charge on any atom is -0.490 e. The van der Waals surface area contributed by atoms with E-state index < -0.39 is 30.3 Å². The number of rotatable bonds is 8. The largest absolute Gasteiger partial charge is 0.490 e. The number of aliphatic carboxylic acids is 2. The lowest BCUT2D eigenvalue weighted by molar-refractivity contribution is -0.165. The van der Waals surface area contributed by atoms with Crippen LogP contribution in [0.5, 0.6) is 5.75 Å². The SMILES string of the molecule is CC(C)(C)NCC(O)COc1cccc2c1CCC(=O)N2.O=C(O)C(O)C(O)C(=O)O. The second-order valence-electron chi connectivity index (χ2n) is 7.99. The first kappa shape index (κ1) is 26.3. The van der Waals surface area contributed by atoms with Gasteiger partial charge in [-0.3, -0.25) is 4.79 Å². The van der Waals surface area contributed by atoms with Crippen LogP contribution in [0.4, 0.5) is 5.69 Å². The summed E-state index contributed by atoms with van der Waals surface area (Å²) in [4.78, 5) is 30.9. The van der Waals surface area contributed by atoms with E-state index in [2.05, 4.69) is 31.4 Å². The molecule has 2 rings (SSSR count). The van der Waals surface area contributed by atoms with Gasteiger partial charge in [0.2, 0.25) is 5.91 Å². The lowest BCUT2D eigenvalue weighted by Crippen LogP contribution is -2.42. The Bertz CT molecular complexity index is 758. The summed E-state index contributed by atoms with van der Waals surface area (Å²) in [5.41, 5.74) is 1.79. The average Bonchev–Trinajstić information content (AvgIpc) is 2.68. The third-order valence-electron chi connectivity index (χ3n) is 4.11. The van der Waals surface area contributed by atoms with Gasteiger partial charge >= 0.3 is 11.9 Å². The van der Waals surface area contributed by atoms with Crippen molar-refractivity contribution < 1.29 is 44.7 Å². The molecule has 3 unspecified atom stereocenters. The minimum absolute atomic E-state index is 0.0306. The fourth-order valence-corrected chi connectivity index (χ4v) is 2.47. The number of aliphatic hydroxyl groups is 3. The van der Waals surface area contributed by atoms with Gasteiger partial charge in [-0.2, -0.15) is 0 Å². The number of anilines is 1. The summed E-state index contributed by atoms with van der Waals surface area (Å²) in [5, 5.41) is 48.6. The Hall–Kier alpha value is -2.73. The predicted octanol–water partition coefficient (Wildman–Crippen LogP) is -0.423. The van der Waals surface area contributed by atoms with E-state index in [1.165, 1.54) is 0 Å². The highest BCUT2D eigenvalue weighted by molar-refractivity contribution is 5.94. The second kappa shape index (κ2) is 11.6. The number of hydrogen-bond acceptors (Lipinski definition) is 8. The number of aliphatic hydroxyl groups excluding tert-OH is 3. The molecule has 31 heavy (non-hydrogen) atoms. The number of benzene rings is 1. The van der Waals surface area contributed by atoms with Crippen LogP contribution >= 0.6 is 0 Å². The van der Waals surface area contributed by atoms with Crippen molar-refractivity contribution in [2.45, 2.75) is 57.5 Å². The Morgan fingerprint density at radius 3 is 2.19 bits per heavy atom. The van der Waals surface area contributed by atoms with E-state index in [1.807, 2.05) is 18.2 Å². The third-order valence-corrected chi connectivity index (χ3v) is 4.11. The molecule has 11 nitrogen and oxygen atoms in total. The van der Waals surface area contributed by atoms with Crippen molar-refractivity contribution in [3.05, 3.63) is 23.8 Å². The van der Waals surface area contributed by atoms with Crippen LogP contribution in [0.25, 0.3) is 0 Å². The van der Waals surface area contributed by atoms with E-state index in [-0.39, 0.29) is 18.1 Å². The van der Waals surface area contributed by atoms with E-state index in [0.717, 1.165) is 17.0 Å². The second-order valence-corrected chi connectivity index (χ2v) is 7.99. The van der Waals surface area contributed by atoms with E-state index >= 15 is 0 Å². The fourth-order valence-electron chi connectivity index (χ4n) is 2.47. The Kier molecular flexibility index (Phi) is 9.85. The van der Waals surface area contributed by atoms with Crippen molar-refractivity contribution in [2.75, 3.05) is 18.5 Å². The standard InChI is InChI=1S/C16H24N2O3.C4H6O6/c1-16(2,3)17-9-11(19)10-21-14-6-4-5-13-12(14)7-8-15(20)18-13;5-1(3(7)8)2(6)4(9)10/h4-6,11,17,19H,7-10H2,1-3H3,(H,18,20);1-2,5-6H,(H,7,8)(H,9,10). The van der Waals surface area contributed by atoms with Crippen LogP contribution in [-0.2, 0) is 20.8 Å². The van der Waals surface area contributed by atoms with Gasteiger partial charge in [-0.05, 0) is 39.3 Å². The summed E-state index contributed by atoms with van der Waals surface area (Å²) in [6.07, 6.45) is -3.96. The smallest absolute Gasteiger partial charge is 0.335 e. The molecule has 174 valence electrons. The number of carboxylic acids is 2. The van der Waals surface area contributed by atoms with E-state index in [1.54, 1.807) is 0 Å². The quantitative estimate of drug-likeness (QED) is 0.279. The third kappa shape index (κ3) is 9.30. The first-order chi connectivity index (χ1) is 14.3. The number of carboxylic acid groups (broad SMARTS) is 2. The van der Waals surface area contributed by atoms with Crippen LogP contribution < -0.4 is 15.4 Å². The summed E-state index contributed by atoms with van der Waals surface area (Å²) >= 11 is 0. The van der Waals surface area contributed by atoms with Gasteiger partial charge in [0.25, 0.3) is 0 Å².